The molecule has 3 nitrogen and oxygen atoms in total. The Balaban J connectivity index is 2.56. The third-order valence-electron chi connectivity index (χ3n) is 1.92. The third-order valence-corrected chi connectivity index (χ3v) is 1.92. The van der Waals surface area contributed by atoms with Gasteiger partial charge in [-0.1, -0.05) is 0 Å². The van der Waals surface area contributed by atoms with E-state index < -0.39 is 12.9 Å². The van der Waals surface area contributed by atoms with Crippen LogP contribution in [0, 0.1) is 5.82 Å². The molecule has 1 heterocycles. The van der Waals surface area contributed by atoms with E-state index in [1.807, 2.05) is 0 Å². The summed E-state index contributed by atoms with van der Waals surface area (Å²) < 4.78 is 17.7. The van der Waals surface area contributed by atoms with Gasteiger partial charge in [0, 0.05) is 0 Å². The van der Waals surface area contributed by atoms with E-state index in [1.165, 1.54) is 12.1 Å². The zero-order chi connectivity index (χ0) is 8.72. The van der Waals surface area contributed by atoms with Gasteiger partial charge in [-0.15, -0.1) is 0 Å². The number of hydrogen-bond donors (Lipinski definition) is 2. The maximum absolute atomic E-state index is 12.9. The molecule has 0 radical (unpaired) electrons. The fourth-order valence-corrected chi connectivity index (χ4v) is 1.27. The van der Waals surface area contributed by atoms with Crippen LogP contribution in [-0.2, 0) is 11.3 Å². The first kappa shape index (κ1) is 7.58. The molecule has 0 amide bonds. The molecule has 5 heteroatoms. The van der Waals surface area contributed by atoms with Crippen LogP contribution in [-0.4, -0.2) is 12.1 Å². The van der Waals surface area contributed by atoms with Gasteiger partial charge >= 0.3 is 7.12 Å². The molecule has 0 fully saturated rings. The summed E-state index contributed by atoms with van der Waals surface area (Å²) in [4.78, 5) is 0. The molecule has 1 aromatic rings. The van der Waals surface area contributed by atoms with Gasteiger partial charge in [-0.05, 0) is 23.2 Å². The Kier molecular flexibility index (Phi) is 1.56. The molecule has 0 saturated heterocycles. The lowest BCUT2D eigenvalue weighted by molar-refractivity contribution is 0.275. The van der Waals surface area contributed by atoms with Crippen LogP contribution < -0.4 is 11.2 Å². The summed E-state index contributed by atoms with van der Waals surface area (Å²) in [5, 5.41) is 9.17. The van der Waals surface area contributed by atoms with Crippen LogP contribution in [0.4, 0.5) is 10.1 Å². The molecule has 1 aliphatic heterocycles. The lowest BCUT2D eigenvalue weighted by Gasteiger charge is -2.00. The van der Waals surface area contributed by atoms with E-state index in [0.717, 1.165) is 5.56 Å². The maximum atomic E-state index is 12.9. The molecule has 0 atom stereocenters. The SMILES string of the molecule is Nc1cc2c(cc1F)B(O)OC2. The Bertz CT molecular complexity index is 331. The second-order valence-corrected chi connectivity index (χ2v) is 2.74. The van der Waals surface area contributed by atoms with Crippen molar-refractivity contribution in [1.82, 2.24) is 0 Å². The number of nitrogens with two attached hydrogens (primary N) is 1. The van der Waals surface area contributed by atoms with Crippen LogP contribution in [0.25, 0.3) is 0 Å². The molecule has 1 aliphatic rings. The smallest absolute Gasteiger partial charge is 0.423 e. The minimum absolute atomic E-state index is 0.0893. The van der Waals surface area contributed by atoms with Crippen molar-refractivity contribution in [2.45, 2.75) is 6.61 Å². The van der Waals surface area contributed by atoms with E-state index in [9.17, 15) is 4.39 Å². The van der Waals surface area contributed by atoms with Crippen LogP contribution >= 0.6 is 0 Å². The summed E-state index contributed by atoms with van der Waals surface area (Å²) in [5.74, 6) is -0.515. The van der Waals surface area contributed by atoms with Gasteiger partial charge in [0.2, 0.25) is 0 Å². The fourth-order valence-electron chi connectivity index (χ4n) is 1.27. The number of hydrogen-bond acceptors (Lipinski definition) is 3. The Morgan fingerprint density at radius 1 is 1.58 bits per heavy atom. The molecule has 0 aliphatic carbocycles. The Morgan fingerprint density at radius 3 is 3.08 bits per heavy atom. The van der Waals surface area contributed by atoms with Crippen molar-refractivity contribution in [3.63, 3.8) is 0 Å². The van der Waals surface area contributed by atoms with E-state index in [0.29, 0.717) is 12.1 Å². The first-order valence-corrected chi connectivity index (χ1v) is 3.56. The van der Waals surface area contributed by atoms with Crippen LogP contribution in [0.1, 0.15) is 5.56 Å². The quantitative estimate of drug-likeness (QED) is 0.409. The second-order valence-electron chi connectivity index (χ2n) is 2.74. The number of nitrogen functional groups attached to an aromatic ring is 1. The van der Waals surface area contributed by atoms with Gasteiger partial charge in [0.15, 0.2) is 0 Å². The summed E-state index contributed by atoms with van der Waals surface area (Å²) in [6.07, 6.45) is 0. The minimum atomic E-state index is -1.00. The lowest BCUT2D eigenvalue weighted by Crippen LogP contribution is -2.28. The van der Waals surface area contributed by atoms with Crippen molar-refractivity contribution in [2.75, 3.05) is 5.73 Å². The van der Waals surface area contributed by atoms with Gasteiger partial charge < -0.3 is 15.4 Å². The van der Waals surface area contributed by atoms with Crippen LogP contribution in [0.5, 0.6) is 0 Å². The molecule has 0 aromatic heterocycles. The van der Waals surface area contributed by atoms with E-state index >= 15 is 0 Å². The zero-order valence-electron chi connectivity index (χ0n) is 6.25. The van der Waals surface area contributed by atoms with Crippen molar-refractivity contribution >= 4 is 18.3 Å². The normalized spacial score (nSPS) is 15.0. The molecule has 12 heavy (non-hydrogen) atoms. The highest BCUT2D eigenvalue weighted by Crippen LogP contribution is 2.16. The van der Waals surface area contributed by atoms with Crippen molar-refractivity contribution in [2.24, 2.45) is 0 Å². The van der Waals surface area contributed by atoms with E-state index in [4.69, 9.17) is 15.4 Å². The fraction of sp³-hybridized carbons (Fsp3) is 0.143. The lowest BCUT2D eigenvalue weighted by atomic mass is 9.79. The zero-order valence-corrected chi connectivity index (χ0v) is 6.25. The predicted molar refractivity (Wildman–Crippen MR) is 43.2 cm³/mol. The van der Waals surface area contributed by atoms with Crippen molar-refractivity contribution in [3.8, 4) is 0 Å². The van der Waals surface area contributed by atoms with Crippen molar-refractivity contribution < 1.29 is 14.1 Å². The number of benzene rings is 1. The predicted octanol–water partition coefficient (Wildman–Crippen LogP) is -0.374. The summed E-state index contributed by atoms with van der Waals surface area (Å²) >= 11 is 0. The van der Waals surface area contributed by atoms with Gasteiger partial charge in [0.05, 0.1) is 12.3 Å². The number of rotatable bonds is 0. The molecule has 62 valence electrons. The summed E-state index contributed by atoms with van der Waals surface area (Å²) in [6, 6.07) is 2.70. The second kappa shape index (κ2) is 2.47. The first-order valence-electron chi connectivity index (χ1n) is 3.56. The maximum Gasteiger partial charge on any atom is 0.491 e. The highest BCUT2D eigenvalue weighted by Gasteiger charge is 2.28. The van der Waals surface area contributed by atoms with Gasteiger partial charge in [0.25, 0.3) is 0 Å². The topological polar surface area (TPSA) is 55.5 Å². The van der Waals surface area contributed by atoms with Crippen molar-refractivity contribution in [1.29, 1.82) is 0 Å². The van der Waals surface area contributed by atoms with Gasteiger partial charge in [-0.3, -0.25) is 0 Å². The summed E-state index contributed by atoms with van der Waals surface area (Å²) in [5.41, 5.74) is 6.64. The van der Waals surface area contributed by atoms with Crippen LogP contribution in [0.2, 0.25) is 0 Å². The molecule has 0 spiro atoms. The number of anilines is 1. The third kappa shape index (κ3) is 0.982. The summed E-state index contributed by atoms with van der Waals surface area (Å²) in [7, 11) is -1.00. The van der Waals surface area contributed by atoms with E-state index in [1.54, 1.807) is 0 Å². The Labute approximate surface area is 69.1 Å². The molecular formula is C7H7BFNO2. The van der Waals surface area contributed by atoms with Crippen molar-refractivity contribution in [3.05, 3.63) is 23.5 Å². The monoisotopic (exact) mass is 167 g/mol. The molecule has 0 bridgehead atoms. The average Bonchev–Trinajstić information content (AvgIpc) is 2.35. The Hall–Kier alpha value is -1.07. The highest BCUT2D eigenvalue weighted by molar-refractivity contribution is 6.61. The van der Waals surface area contributed by atoms with Crippen LogP contribution in [0.15, 0.2) is 12.1 Å². The Morgan fingerprint density at radius 2 is 2.33 bits per heavy atom. The molecule has 1 aromatic carbocycles. The van der Waals surface area contributed by atoms with Crippen LogP contribution in [0.3, 0.4) is 0 Å². The molecule has 3 N–H and O–H groups in total. The van der Waals surface area contributed by atoms with Gasteiger partial charge in [0.1, 0.15) is 5.82 Å². The minimum Gasteiger partial charge on any atom is -0.423 e. The molecule has 0 unspecified atom stereocenters. The number of fused-ring (bicyclic) bond motifs is 1. The average molecular weight is 167 g/mol. The van der Waals surface area contributed by atoms with Gasteiger partial charge in [-0.25, -0.2) is 4.39 Å². The standard InChI is InChI=1S/C7H7BFNO2/c9-6-2-5-4(1-7(6)10)3-12-8(5)11/h1-2,11H,3,10H2. The summed E-state index contributed by atoms with van der Waals surface area (Å²) in [6.45, 7) is 0.293. The van der Waals surface area contributed by atoms with E-state index in [-0.39, 0.29) is 5.69 Å². The first-order chi connectivity index (χ1) is 5.68. The largest absolute Gasteiger partial charge is 0.491 e. The number of halogens is 1. The molecule has 2 rings (SSSR count). The van der Waals surface area contributed by atoms with Gasteiger partial charge in [-0.2, -0.15) is 0 Å². The highest BCUT2D eigenvalue weighted by atomic mass is 19.1. The van der Waals surface area contributed by atoms with E-state index in [2.05, 4.69) is 0 Å². The molecular weight excluding hydrogens is 160 g/mol. The molecule has 0 saturated carbocycles.